The predicted molar refractivity (Wildman–Crippen MR) is 129 cm³/mol. The summed E-state index contributed by atoms with van der Waals surface area (Å²) in [5.41, 5.74) is 5.82. The zero-order valence-corrected chi connectivity index (χ0v) is 18.9. The van der Waals surface area contributed by atoms with Gasteiger partial charge < -0.3 is 10.4 Å². The van der Waals surface area contributed by atoms with E-state index in [1.807, 2.05) is 0 Å². The third kappa shape index (κ3) is 4.91. The van der Waals surface area contributed by atoms with E-state index in [4.69, 9.17) is 0 Å². The summed E-state index contributed by atoms with van der Waals surface area (Å²) in [5, 5.41) is 13.8. The van der Waals surface area contributed by atoms with E-state index in [9.17, 15) is 5.11 Å². The van der Waals surface area contributed by atoms with Crippen LogP contribution in [0.25, 0.3) is 0 Å². The Bertz CT molecular complexity index is 753. The Morgan fingerprint density at radius 2 is 1.10 bits per heavy atom. The number of hydrogen-bond acceptors (Lipinski definition) is 2. The van der Waals surface area contributed by atoms with Gasteiger partial charge in [-0.25, -0.2) is 0 Å². The molecule has 1 heterocycles. The standard InChI is InChI=1S/C29H39NO/c31-27-19-28(30-20-27)29(25-15-11-23(12-16-25)21-7-3-1-4-8-21)26-17-13-24(14-18-26)22-9-5-2-6-10-22/h11-18,21-22,27-31H,1-10,19-20H2/t27-,28-/m1/s1. The summed E-state index contributed by atoms with van der Waals surface area (Å²) in [4.78, 5) is 0. The molecule has 5 rings (SSSR count). The summed E-state index contributed by atoms with van der Waals surface area (Å²) in [6.07, 6.45) is 14.3. The molecule has 2 atom stereocenters. The minimum atomic E-state index is -0.226. The second kappa shape index (κ2) is 9.88. The molecular formula is C29H39NO. The summed E-state index contributed by atoms with van der Waals surface area (Å²) in [7, 11) is 0. The molecule has 2 aromatic rings. The topological polar surface area (TPSA) is 32.3 Å². The van der Waals surface area contributed by atoms with Crippen LogP contribution in [0.1, 0.15) is 111 Å². The lowest BCUT2D eigenvalue weighted by Crippen LogP contribution is -2.29. The molecule has 0 spiro atoms. The minimum Gasteiger partial charge on any atom is -0.392 e. The average Bonchev–Trinajstić information content (AvgIpc) is 3.27. The molecule has 2 aromatic carbocycles. The lowest BCUT2D eigenvalue weighted by Gasteiger charge is -2.27. The van der Waals surface area contributed by atoms with Crippen LogP contribution in [0, 0.1) is 0 Å². The highest BCUT2D eigenvalue weighted by Gasteiger charge is 2.32. The first-order valence-electron chi connectivity index (χ1n) is 12.9. The zero-order valence-electron chi connectivity index (χ0n) is 18.9. The molecule has 166 valence electrons. The lowest BCUT2D eigenvalue weighted by molar-refractivity contribution is 0.192. The van der Waals surface area contributed by atoms with Gasteiger partial charge in [-0.1, -0.05) is 87.1 Å². The third-order valence-electron chi connectivity index (χ3n) is 8.29. The molecule has 31 heavy (non-hydrogen) atoms. The van der Waals surface area contributed by atoms with Crippen molar-refractivity contribution < 1.29 is 5.11 Å². The minimum absolute atomic E-state index is 0.226. The van der Waals surface area contributed by atoms with Gasteiger partial charge in [-0.15, -0.1) is 0 Å². The molecule has 2 nitrogen and oxygen atoms in total. The van der Waals surface area contributed by atoms with Gasteiger partial charge in [-0.05, 0) is 66.2 Å². The van der Waals surface area contributed by atoms with Crippen LogP contribution < -0.4 is 5.32 Å². The van der Waals surface area contributed by atoms with Crippen molar-refractivity contribution in [3.8, 4) is 0 Å². The van der Waals surface area contributed by atoms with Crippen LogP contribution in [0.5, 0.6) is 0 Å². The van der Waals surface area contributed by atoms with Crippen LogP contribution in [0.4, 0.5) is 0 Å². The first-order valence-corrected chi connectivity index (χ1v) is 12.9. The molecule has 0 radical (unpaired) electrons. The maximum absolute atomic E-state index is 10.2. The summed E-state index contributed by atoms with van der Waals surface area (Å²) < 4.78 is 0. The molecular weight excluding hydrogens is 378 g/mol. The summed E-state index contributed by atoms with van der Waals surface area (Å²) in [6, 6.07) is 19.3. The van der Waals surface area contributed by atoms with Gasteiger partial charge in [-0.2, -0.15) is 0 Å². The second-order valence-electron chi connectivity index (χ2n) is 10.4. The molecule has 1 aliphatic heterocycles. The molecule has 0 unspecified atom stereocenters. The third-order valence-corrected chi connectivity index (χ3v) is 8.29. The number of aliphatic hydroxyl groups is 1. The first kappa shape index (κ1) is 21.2. The van der Waals surface area contributed by atoms with E-state index in [1.54, 1.807) is 0 Å². The van der Waals surface area contributed by atoms with Crippen LogP contribution in [0.15, 0.2) is 48.5 Å². The molecule has 3 fully saturated rings. The number of benzene rings is 2. The van der Waals surface area contributed by atoms with Crippen molar-refractivity contribution in [3.63, 3.8) is 0 Å². The fraction of sp³-hybridized carbons (Fsp3) is 0.586. The second-order valence-corrected chi connectivity index (χ2v) is 10.4. The van der Waals surface area contributed by atoms with Crippen LogP contribution in [-0.2, 0) is 0 Å². The smallest absolute Gasteiger partial charge is 0.0679 e. The van der Waals surface area contributed by atoms with Crippen molar-refractivity contribution in [2.45, 2.75) is 101 Å². The van der Waals surface area contributed by atoms with E-state index < -0.39 is 0 Å². The molecule has 1 saturated heterocycles. The van der Waals surface area contributed by atoms with Crippen molar-refractivity contribution in [1.82, 2.24) is 5.32 Å². The van der Waals surface area contributed by atoms with Crippen molar-refractivity contribution in [1.29, 1.82) is 0 Å². The molecule has 0 amide bonds. The van der Waals surface area contributed by atoms with E-state index in [1.165, 1.54) is 86.5 Å². The van der Waals surface area contributed by atoms with Crippen LogP contribution >= 0.6 is 0 Å². The Hall–Kier alpha value is -1.64. The lowest BCUT2D eigenvalue weighted by atomic mass is 9.79. The Morgan fingerprint density at radius 1 is 0.645 bits per heavy atom. The number of rotatable bonds is 5. The van der Waals surface area contributed by atoms with Gasteiger partial charge in [0.1, 0.15) is 0 Å². The first-order chi connectivity index (χ1) is 15.3. The van der Waals surface area contributed by atoms with Gasteiger partial charge in [0.15, 0.2) is 0 Å². The zero-order chi connectivity index (χ0) is 21.0. The van der Waals surface area contributed by atoms with Crippen LogP contribution in [0.3, 0.4) is 0 Å². The van der Waals surface area contributed by atoms with Crippen LogP contribution in [-0.4, -0.2) is 23.8 Å². The monoisotopic (exact) mass is 417 g/mol. The number of hydrogen-bond donors (Lipinski definition) is 2. The fourth-order valence-corrected chi connectivity index (χ4v) is 6.48. The van der Waals surface area contributed by atoms with Gasteiger partial charge in [0.05, 0.1) is 6.10 Å². The molecule has 2 aliphatic carbocycles. The van der Waals surface area contributed by atoms with Gasteiger partial charge in [0.25, 0.3) is 0 Å². The summed E-state index contributed by atoms with van der Waals surface area (Å²) in [6.45, 7) is 0.710. The van der Waals surface area contributed by atoms with Gasteiger partial charge in [-0.3, -0.25) is 0 Å². The highest BCUT2D eigenvalue weighted by Crippen LogP contribution is 2.38. The normalized spacial score (nSPS) is 25.9. The largest absolute Gasteiger partial charge is 0.392 e. The average molecular weight is 418 g/mol. The van der Waals surface area contributed by atoms with Crippen molar-refractivity contribution >= 4 is 0 Å². The van der Waals surface area contributed by atoms with E-state index in [-0.39, 0.29) is 6.10 Å². The Kier molecular flexibility index (Phi) is 6.76. The Morgan fingerprint density at radius 3 is 1.48 bits per heavy atom. The number of nitrogens with one attached hydrogen (secondary N) is 1. The predicted octanol–water partition coefficient (Wildman–Crippen LogP) is 6.64. The molecule has 2 N–H and O–H groups in total. The Balaban J connectivity index is 1.39. The highest BCUT2D eigenvalue weighted by molar-refractivity contribution is 5.39. The maximum Gasteiger partial charge on any atom is 0.0679 e. The van der Waals surface area contributed by atoms with Crippen LogP contribution in [0.2, 0.25) is 0 Å². The SMILES string of the molecule is O[C@H]1CN[C@@H](C(c2ccc(C3CCCCC3)cc2)c2ccc(C3CCCCC3)cc2)C1. The number of β-amino-alcohol motifs (C(OH)–C–C–N with tert-alkyl or cyclic N) is 1. The fourth-order valence-electron chi connectivity index (χ4n) is 6.48. The maximum atomic E-state index is 10.2. The van der Waals surface area contributed by atoms with Gasteiger partial charge in [0, 0.05) is 18.5 Å². The van der Waals surface area contributed by atoms with Gasteiger partial charge in [0.2, 0.25) is 0 Å². The quantitative estimate of drug-likeness (QED) is 0.572. The van der Waals surface area contributed by atoms with Crippen molar-refractivity contribution in [2.24, 2.45) is 0 Å². The Labute approximate surface area is 188 Å². The highest BCUT2D eigenvalue weighted by atomic mass is 16.3. The molecule has 0 aromatic heterocycles. The van der Waals surface area contributed by atoms with Crippen molar-refractivity contribution in [3.05, 3.63) is 70.8 Å². The number of aliphatic hydroxyl groups excluding tert-OH is 1. The molecule has 2 heteroatoms. The van der Waals surface area contributed by atoms with E-state index >= 15 is 0 Å². The van der Waals surface area contributed by atoms with E-state index in [0.717, 1.165) is 18.3 Å². The molecule has 0 bridgehead atoms. The summed E-state index contributed by atoms with van der Waals surface area (Å²) in [5.74, 6) is 1.81. The summed E-state index contributed by atoms with van der Waals surface area (Å²) >= 11 is 0. The van der Waals surface area contributed by atoms with Crippen molar-refractivity contribution in [2.75, 3.05) is 6.54 Å². The van der Waals surface area contributed by atoms with E-state index in [0.29, 0.717) is 18.5 Å². The molecule has 3 aliphatic rings. The molecule has 2 saturated carbocycles. The van der Waals surface area contributed by atoms with Gasteiger partial charge >= 0.3 is 0 Å². The van der Waals surface area contributed by atoms with E-state index in [2.05, 4.69) is 53.8 Å².